The molecule has 0 saturated carbocycles. The maximum Gasteiger partial charge on any atom is 0.355 e. The lowest BCUT2D eigenvalue weighted by molar-refractivity contribution is 0.0688. The molecule has 0 saturated heterocycles. The van der Waals surface area contributed by atoms with Gasteiger partial charge < -0.3 is 5.11 Å². The summed E-state index contributed by atoms with van der Waals surface area (Å²) < 4.78 is 29.4. The molecule has 9 heteroatoms. The van der Waals surface area contributed by atoms with E-state index in [0.29, 0.717) is 27.6 Å². The fourth-order valence-electron chi connectivity index (χ4n) is 3.32. The Kier molecular flexibility index (Phi) is 6.12. The summed E-state index contributed by atoms with van der Waals surface area (Å²) in [5, 5.41) is 15.1. The molecular formula is C23H19F2N3O2S2. The molecule has 32 heavy (non-hydrogen) atoms. The van der Waals surface area contributed by atoms with Gasteiger partial charge in [0.2, 0.25) is 5.13 Å². The summed E-state index contributed by atoms with van der Waals surface area (Å²) in [7, 11) is 0. The van der Waals surface area contributed by atoms with Crippen LogP contribution in [0.5, 0.6) is 0 Å². The van der Waals surface area contributed by atoms with Crippen molar-refractivity contribution in [2.75, 3.05) is 0 Å². The third-order valence-electron chi connectivity index (χ3n) is 4.60. The van der Waals surface area contributed by atoms with Gasteiger partial charge in [-0.2, -0.15) is 9.78 Å². The summed E-state index contributed by atoms with van der Waals surface area (Å²) >= 11 is 2.90. The molecule has 0 fully saturated rings. The zero-order valence-electron chi connectivity index (χ0n) is 17.5. The number of carbonyl (C=O) groups is 1. The normalized spacial score (nSPS) is 11.3. The molecule has 0 aliphatic rings. The van der Waals surface area contributed by atoms with Crippen LogP contribution in [0.3, 0.4) is 0 Å². The van der Waals surface area contributed by atoms with Gasteiger partial charge >= 0.3 is 5.97 Å². The van der Waals surface area contributed by atoms with Crippen molar-refractivity contribution in [2.24, 2.45) is 0 Å². The largest absolute Gasteiger partial charge is 0.476 e. The Bertz CT molecular complexity index is 1300. The average molecular weight is 472 g/mol. The Morgan fingerprint density at radius 1 is 1.09 bits per heavy atom. The Labute approximate surface area is 191 Å². The molecule has 0 atom stereocenters. The summed E-state index contributed by atoms with van der Waals surface area (Å²) in [5.74, 6) is -2.01. The summed E-state index contributed by atoms with van der Waals surface area (Å²) in [6.07, 6.45) is 0. The summed E-state index contributed by atoms with van der Waals surface area (Å²) in [6.45, 7) is 5.77. The number of hydrogen-bond acceptors (Lipinski definition) is 5. The molecule has 0 aliphatic heterocycles. The lowest BCUT2D eigenvalue weighted by Gasteiger charge is -2.04. The van der Waals surface area contributed by atoms with Gasteiger partial charge in [0.25, 0.3) is 0 Å². The Balaban J connectivity index is 1.91. The van der Waals surface area contributed by atoms with Gasteiger partial charge in [0.1, 0.15) is 11.6 Å². The minimum Gasteiger partial charge on any atom is -0.476 e. The molecule has 1 N–H and O–H groups in total. The van der Waals surface area contributed by atoms with Crippen LogP contribution in [0.1, 0.15) is 30.0 Å². The van der Waals surface area contributed by atoms with Crippen LogP contribution in [0.15, 0.2) is 52.7 Å². The predicted molar refractivity (Wildman–Crippen MR) is 123 cm³/mol. The number of carboxylic acid groups (broad SMARTS) is 1. The SMILES string of the molecule is Cc1nn(-c2nc(-c3ccc(F)cc3)c(SC(C)C)s2)c(C(=O)O)c1-c1cccc(F)c1. The topological polar surface area (TPSA) is 68.0 Å². The maximum absolute atomic E-state index is 13.8. The van der Waals surface area contributed by atoms with Crippen molar-refractivity contribution in [2.45, 2.75) is 30.2 Å². The number of nitrogens with zero attached hydrogens (tertiary/aromatic N) is 3. The van der Waals surface area contributed by atoms with E-state index in [4.69, 9.17) is 0 Å². The summed E-state index contributed by atoms with van der Waals surface area (Å²) in [4.78, 5) is 16.9. The highest BCUT2D eigenvalue weighted by atomic mass is 32.2. The van der Waals surface area contributed by atoms with E-state index in [9.17, 15) is 18.7 Å². The predicted octanol–water partition coefficient (Wildman–Crippen LogP) is 6.45. The molecule has 2 aromatic carbocycles. The van der Waals surface area contributed by atoms with Crippen LogP contribution in [-0.4, -0.2) is 31.1 Å². The van der Waals surface area contributed by atoms with Crippen molar-refractivity contribution in [3.8, 4) is 27.5 Å². The van der Waals surface area contributed by atoms with E-state index < -0.39 is 11.8 Å². The van der Waals surface area contributed by atoms with Gasteiger partial charge in [-0.3, -0.25) is 0 Å². The number of thiazole rings is 1. The highest BCUT2D eigenvalue weighted by Gasteiger charge is 2.26. The molecular weight excluding hydrogens is 452 g/mol. The minimum absolute atomic E-state index is 0.0893. The van der Waals surface area contributed by atoms with Gasteiger partial charge in [-0.1, -0.05) is 37.3 Å². The van der Waals surface area contributed by atoms with Crippen molar-refractivity contribution >= 4 is 29.1 Å². The van der Waals surface area contributed by atoms with Gasteiger partial charge in [0.15, 0.2) is 5.69 Å². The monoisotopic (exact) mass is 471 g/mol. The number of aryl methyl sites for hydroxylation is 1. The second-order valence-corrected chi connectivity index (χ2v) is 10.2. The lowest BCUT2D eigenvalue weighted by Crippen LogP contribution is -2.09. The zero-order valence-corrected chi connectivity index (χ0v) is 19.1. The van der Waals surface area contributed by atoms with Crippen molar-refractivity contribution in [3.05, 3.63) is 71.6 Å². The number of aromatic carboxylic acids is 1. The third kappa shape index (κ3) is 4.31. The van der Waals surface area contributed by atoms with Crippen molar-refractivity contribution < 1.29 is 18.7 Å². The number of hydrogen-bond donors (Lipinski definition) is 1. The first-order chi connectivity index (χ1) is 15.2. The van der Waals surface area contributed by atoms with Crippen LogP contribution in [0, 0.1) is 18.6 Å². The standard InChI is InChI=1S/C23H19F2N3O2S2/c1-12(2)31-22-19(14-7-9-16(24)10-8-14)26-23(32-22)28-20(21(29)30)18(13(3)27-28)15-5-4-6-17(25)11-15/h4-12H,1-3H3,(H,29,30). The van der Waals surface area contributed by atoms with E-state index >= 15 is 0 Å². The fourth-order valence-corrected chi connectivity index (χ4v) is 5.80. The van der Waals surface area contributed by atoms with Crippen LogP contribution in [0.4, 0.5) is 8.78 Å². The van der Waals surface area contributed by atoms with Gasteiger partial charge in [0, 0.05) is 16.4 Å². The maximum atomic E-state index is 13.8. The average Bonchev–Trinajstić information content (AvgIpc) is 3.29. The van der Waals surface area contributed by atoms with Gasteiger partial charge in [-0.25, -0.2) is 18.6 Å². The molecule has 0 bridgehead atoms. The van der Waals surface area contributed by atoms with Crippen LogP contribution in [0.25, 0.3) is 27.5 Å². The molecule has 0 aliphatic carbocycles. The summed E-state index contributed by atoms with van der Waals surface area (Å²) in [5.41, 5.74) is 2.49. The molecule has 4 aromatic rings. The van der Waals surface area contributed by atoms with E-state index in [1.165, 1.54) is 46.4 Å². The molecule has 5 nitrogen and oxygen atoms in total. The van der Waals surface area contributed by atoms with Gasteiger partial charge in [0.05, 0.1) is 15.6 Å². The molecule has 2 heterocycles. The Hall–Kier alpha value is -3.04. The Morgan fingerprint density at radius 3 is 2.44 bits per heavy atom. The van der Waals surface area contributed by atoms with E-state index in [0.717, 1.165) is 9.77 Å². The first-order valence-electron chi connectivity index (χ1n) is 9.77. The van der Waals surface area contributed by atoms with E-state index in [1.807, 2.05) is 13.8 Å². The molecule has 4 rings (SSSR count). The Morgan fingerprint density at radius 2 is 1.81 bits per heavy atom. The third-order valence-corrected chi connectivity index (χ3v) is 6.85. The van der Waals surface area contributed by atoms with Crippen molar-refractivity contribution in [1.29, 1.82) is 0 Å². The van der Waals surface area contributed by atoms with Crippen LogP contribution >= 0.6 is 23.1 Å². The van der Waals surface area contributed by atoms with Crippen molar-refractivity contribution in [3.63, 3.8) is 0 Å². The van der Waals surface area contributed by atoms with E-state index in [-0.39, 0.29) is 16.8 Å². The van der Waals surface area contributed by atoms with Crippen LogP contribution in [0.2, 0.25) is 0 Å². The van der Waals surface area contributed by atoms with Gasteiger partial charge in [-0.05, 0) is 48.9 Å². The van der Waals surface area contributed by atoms with E-state index in [1.54, 1.807) is 36.9 Å². The first-order valence-corrected chi connectivity index (χ1v) is 11.5. The highest BCUT2D eigenvalue weighted by molar-refractivity contribution is 8.01. The second kappa shape index (κ2) is 8.84. The molecule has 0 amide bonds. The smallest absolute Gasteiger partial charge is 0.355 e. The van der Waals surface area contributed by atoms with Crippen molar-refractivity contribution in [1.82, 2.24) is 14.8 Å². The fraction of sp³-hybridized carbons (Fsp3) is 0.174. The molecule has 2 aromatic heterocycles. The van der Waals surface area contributed by atoms with Crippen LogP contribution < -0.4 is 0 Å². The minimum atomic E-state index is -1.19. The number of aromatic nitrogens is 3. The second-order valence-electron chi connectivity index (χ2n) is 7.34. The number of thioether (sulfide) groups is 1. The number of benzene rings is 2. The zero-order chi connectivity index (χ0) is 23.0. The molecule has 0 radical (unpaired) electrons. The molecule has 0 spiro atoms. The van der Waals surface area contributed by atoms with E-state index in [2.05, 4.69) is 10.1 Å². The molecule has 0 unspecified atom stereocenters. The van der Waals surface area contributed by atoms with Crippen LogP contribution in [-0.2, 0) is 0 Å². The summed E-state index contributed by atoms with van der Waals surface area (Å²) in [6, 6.07) is 11.8. The highest BCUT2D eigenvalue weighted by Crippen LogP contribution is 2.40. The van der Waals surface area contributed by atoms with Gasteiger partial charge in [-0.15, -0.1) is 11.8 Å². The molecule has 164 valence electrons. The quantitative estimate of drug-likeness (QED) is 0.327. The number of carboxylic acids is 1. The lowest BCUT2D eigenvalue weighted by atomic mass is 10.0. The number of rotatable bonds is 6. The number of halogens is 2. The first kappa shape index (κ1) is 22.2.